The van der Waals surface area contributed by atoms with Gasteiger partial charge < -0.3 is 10.2 Å². The first-order valence-corrected chi connectivity index (χ1v) is 8.21. The van der Waals surface area contributed by atoms with Crippen molar-refractivity contribution in [1.82, 2.24) is 10.2 Å². The molecule has 1 saturated heterocycles. The van der Waals surface area contributed by atoms with Crippen LogP contribution in [0.3, 0.4) is 0 Å². The topological polar surface area (TPSA) is 56.1 Å². The number of likely N-dealkylation sites (tertiary alicyclic amines) is 1. The van der Waals surface area contributed by atoms with E-state index in [1.807, 2.05) is 0 Å². The molecule has 1 aliphatic heterocycles. The summed E-state index contributed by atoms with van der Waals surface area (Å²) in [6.45, 7) is 1.01. The molecule has 4 nitrogen and oxygen atoms in total. The van der Waals surface area contributed by atoms with Gasteiger partial charge in [-0.05, 0) is 56.3 Å². The van der Waals surface area contributed by atoms with Crippen molar-refractivity contribution in [3.8, 4) is 6.07 Å². The number of nitriles is 1. The van der Waals surface area contributed by atoms with Crippen LogP contribution < -0.4 is 5.32 Å². The number of amides is 1. The molecule has 22 heavy (non-hydrogen) atoms. The Bertz CT molecular complexity index is 492. The molecule has 4 bridgehead atoms. The van der Waals surface area contributed by atoms with Gasteiger partial charge in [-0.15, -0.1) is 12.4 Å². The van der Waals surface area contributed by atoms with Gasteiger partial charge in [-0.1, -0.05) is 0 Å². The van der Waals surface area contributed by atoms with Crippen molar-refractivity contribution in [2.45, 2.75) is 56.3 Å². The lowest BCUT2D eigenvalue weighted by molar-refractivity contribution is -0.130. The minimum absolute atomic E-state index is 0. The Morgan fingerprint density at radius 1 is 1.36 bits per heavy atom. The molecule has 1 heterocycles. The smallest absolute Gasteiger partial charge is 0.237 e. The van der Waals surface area contributed by atoms with Crippen LogP contribution >= 0.6 is 12.4 Å². The van der Waals surface area contributed by atoms with Gasteiger partial charge in [0, 0.05) is 12.1 Å². The summed E-state index contributed by atoms with van der Waals surface area (Å²) in [5.41, 5.74) is 0.00937. The second-order valence-electron chi connectivity index (χ2n) is 7.43. The monoisotopic (exact) mass is 327 g/mol. The standard InChI is InChI=1S/C16H22FN3O.ClH/c17-15-10-4-12-5-11(15)7-16(12,6-10)19-9-14(21)20-3-1-2-13(20)8-18;/h10-13,15,19H,1-7,9H2;1H/t10?,11?,12?,13-,15?,16?;/m0./s1. The second kappa shape index (κ2) is 5.65. The molecule has 1 N–H and O–H groups in total. The van der Waals surface area contributed by atoms with Gasteiger partial charge in [0.25, 0.3) is 0 Å². The van der Waals surface area contributed by atoms with Crippen LogP contribution in [-0.4, -0.2) is 41.6 Å². The van der Waals surface area contributed by atoms with E-state index in [2.05, 4.69) is 11.4 Å². The number of hydrogen-bond donors (Lipinski definition) is 1. The molecule has 0 radical (unpaired) electrons. The number of rotatable bonds is 3. The van der Waals surface area contributed by atoms with Crippen LogP contribution in [0.2, 0.25) is 0 Å². The second-order valence-corrected chi connectivity index (χ2v) is 7.43. The zero-order valence-corrected chi connectivity index (χ0v) is 13.4. The third-order valence-corrected chi connectivity index (χ3v) is 6.42. The molecule has 0 aromatic carbocycles. The van der Waals surface area contributed by atoms with Crippen molar-refractivity contribution in [3.63, 3.8) is 0 Å². The number of nitrogens with one attached hydrogen (secondary N) is 1. The normalized spacial score (nSPS) is 44.9. The van der Waals surface area contributed by atoms with E-state index in [0.717, 1.165) is 38.5 Å². The minimum atomic E-state index is -0.615. The zero-order valence-electron chi connectivity index (χ0n) is 12.6. The third kappa shape index (κ3) is 2.23. The van der Waals surface area contributed by atoms with Crippen molar-refractivity contribution >= 4 is 18.3 Å². The molecule has 0 aromatic heterocycles. The number of hydrogen-bond acceptors (Lipinski definition) is 3. The summed E-state index contributed by atoms with van der Waals surface area (Å²) in [7, 11) is 0. The van der Waals surface area contributed by atoms with E-state index in [1.54, 1.807) is 4.90 Å². The lowest BCUT2D eigenvalue weighted by atomic mass is 9.79. The Kier molecular flexibility index (Phi) is 4.11. The van der Waals surface area contributed by atoms with E-state index in [-0.39, 0.29) is 41.7 Å². The maximum absolute atomic E-state index is 14.1. The molecular weight excluding hydrogens is 305 g/mol. The first kappa shape index (κ1) is 16.0. The van der Waals surface area contributed by atoms with Gasteiger partial charge in [0.1, 0.15) is 12.2 Å². The fraction of sp³-hybridized carbons (Fsp3) is 0.875. The van der Waals surface area contributed by atoms with Crippen LogP contribution in [0.4, 0.5) is 4.39 Å². The molecule has 4 saturated carbocycles. The van der Waals surface area contributed by atoms with E-state index < -0.39 is 6.17 Å². The Hall–Kier alpha value is -0.860. The highest BCUT2D eigenvalue weighted by molar-refractivity contribution is 5.85. The fourth-order valence-corrected chi connectivity index (χ4v) is 5.51. The van der Waals surface area contributed by atoms with E-state index in [9.17, 15) is 9.18 Å². The van der Waals surface area contributed by atoms with Gasteiger partial charge in [0.15, 0.2) is 0 Å². The van der Waals surface area contributed by atoms with Crippen molar-refractivity contribution in [3.05, 3.63) is 0 Å². The largest absolute Gasteiger partial charge is 0.326 e. The molecular formula is C16H23ClFN3O. The van der Waals surface area contributed by atoms with Crippen LogP contribution in [0.15, 0.2) is 0 Å². The summed E-state index contributed by atoms with van der Waals surface area (Å²) in [6.07, 6.45) is 4.87. The number of carbonyl (C=O) groups excluding carboxylic acids is 1. The van der Waals surface area contributed by atoms with E-state index in [0.29, 0.717) is 19.0 Å². The highest BCUT2D eigenvalue weighted by Crippen LogP contribution is 2.61. The first-order chi connectivity index (χ1) is 10.1. The first-order valence-electron chi connectivity index (χ1n) is 8.21. The molecule has 5 rings (SSSR count). The lowest BCUT2D eigenvalue weighted by Crippen LogP contribution is -2.52. The van der Waals surface area contributed by atoms with E-state index in [4.69, 9.17) is 5.26 Å². The number of nitrogens with zero attached hydrogens (tertiary/aromatic N) is 2. The van der Waals surface area contributed by atoms with E-state index >= 15 is 0 Å². The Morgan fingerprint density at radius 2 is 2.05 bits per heavy atom. The summed E-state index contributed by atoms with van der Waals surface area (Å²) < 4.78 is 14.1. The van der Waals surface area contributed by atoms with Crippen LogP contribution in [0, 0.1) is 29.1 Å². The predicted molar refractivity (Wildman–Crippen MR) is 82.2 cm³/mol. The molecule has 5 aliphatic rings. The van der Waals surface area contributed by atoms with Crippen LogP contribution in [0.25, 0.3) is 0 Å². The Labute approximate surface area is 136 Å². The SMILES string of the molecule is Cl.N#C[C@@H]1CCCN1C(=O)CNC12CC3CC1CC(C2)C3F. The summed E-state index contributed by atoms with van der Waals surface area (Å²) in [4.78, 5) is 14.1. The van der Waals surface area contributed by atoms with Crippen LogP contribution in [-0.2, 0) is 4.79 Å². The number of carbonyl (C=O) groups is 1. The summed E-state index contributed by atoms with van der Waals surface area (Å²) in [5, 5.41) is 12.6. The molecule has 0 aromatic rings. The van der Waals surface area contributed by atoms with Gasteiger partial charge in [-0.2, -0.15) is 5.26 Å². The van der Waals surface area contributed by atoms with Crippen molar-refractivity contribution in [2.75, 3.05) is 13.1 Å². The number of halogens is 2. The van der Waals surface area contributed by atoms with Gasteiger partial charge >= 0.3 is 0 Å². The third-order valence-electron chi connectivity index (χ3n) is 6.42. The average molecular weight is 328 g/mol. The van der Waals surface area contributed by atoms with Gasteiger partial charge in [-0.25, -0.2) is 4.39 Å². The fourth-order valence-electron chi connectivity index (χ4n) is 5.51. The maximum Gasteiger partial charge on any atom is 0.237 e. The zero-order chi connectivity index (χ0) is 14.6. The van der Waals surface area contributed by atoms with Crippen LogP contribution in [0.5, 0.6) is 0 Å². The van der Waals surface area contributed by atoms with Crippen molar-refractivity contribution in [1.29, 1.82) is 5.26 Å². The Balaban J connectivity index is 0.00000144. The van der Waals surface area contributed by atoms with E-state index in [1.165, 1.54) is 0 Å². The molecule has 5 fully saturated rings. The Morgan fingerprint density at radius 3 is 2.68 bits per heavy atom. The highest BCUT2D eigenvalue weighted by Gasteiger charge is 2.61. The molecule has 3 atom stereocenters. The maximum atomic E-state index is 14.1. The van der Waals surface area contributed by atoms with Gasteiger partial charge in [0.05, 0.1) is 12.6 Å². The predicted octanol–water partition coefficient (Wildman–Crippen LogP) is 2.04. The molecule has 122 valence electrons. The van der Waals surface area contributed by atoms with Crippen molar-refractivity contribution < 1.29 is 9.18 Å². The molecule has 2 unspecified atom stereocenters. The number of alkyl halides is 1. The summed E-state index contributed by atoms with van der Waals surface area (Å²) in [6, 6.07) is 1.97. The molecule has 1 amide bonds. The molecule has 6 heteroatoms. The summed E-state index contributed by atoms with van der Waals surface area (Å²) >= 11 is 0. The van der Waals surface area contributed by atoms with Crippen LogP contribution in [0.1, 0.15) is 38.5 Å². The van der Waals surface area contributed by atoms with Gasteiger partial charge in [0.2, 0.25) is 5.91 Å². The highest BCUT2D eigenvalue weighted by atomic mass is 35.5. The quantitative estimate of drug-likeness (QED) is 0.863. The van der Waals surface area contributed by atoms with Gasteiger partial charge in [-0.3, -0.25) is 4.79 Å². The molecule has 4 aliphatic carbocycles. The molecule has 0 spiro atoms. The minimum Gasteiger partial charge on any atom is -0.326 e. The summed E-state index contributed by atoms with van der Waals surface area (Å²) in [5.74, 6) is 1.02. The lowest BCUT2D eigenvalue weighted by Gasteiger charge is -2.36. The van der Waals surface area contributed by atoms with Crippen molar-refractivity contribution in [2.24, 2.45) is 17.8 Å². The average Bonchev–Trinajstić information content (AvgIpc) is 3.12.